The van der Waals surface area contributed by atoms with Gasteiger partial charge in [-0.3, -0.25) is 4.90 Å². The number of halogens is 1. The van der Waals surface area contributed by atoms with Crippen LogP contribution in [0.3, 0.4) is 0 Å². The van der Waals surface area contributed by atoms with Crippen molar-refractivity contribution >= 4 is 29.9 Å². The van der Waals surface area contributed by atoms with Crippen LogP contribution in [-0.4, -0.2) is 63.4 Å². The van der Waals surface area contributed by atoms with E-state index in [9.17, 15) is 0 Å². The van der Waals surface area contributed by atoms with Crippen molar-refractivity contribution in [2.75, 3.05) is 46.5 Å². The van der Waals surface area contributed by atoms with Crippen molar-refractivity contribution in [3.8, 4) is 5.75 Å². The van der Waals surface area contributed by atoms with Gasteiger partial charge in [0.05, 0.1) is 13.7 Å². The lowest BCUT2D eigenvalue weighted by Gasteiger charge is -2.21. The molecule has 0 aromatic heterocycles. The Morgan fingerprint density at radius 2 is 1.86 bits per heavy atom. The summed E-state index contributed by atoms with van der Waals surface area (Å²) in [5.74, 6) is 1.74. The van der Waals surface area contributed by atoms with Crippen LogP contribution in [0.15, 0.2) is 29.3 Å². The van der Waals surface area contributed by atoms with E-state index in [-0.39, 0.29) is 24.0 Å². The number of benzene rings is 1. The number of nitrogens with one attached hydrogen (secondary N) is 2. The van der Waals surface area contributed by atoms with Crippen LogP contribution in [0.1, 0.15) is 38.7 Å². The molecule has 28 heavy (non-hydrogen) atoms. The van der Waals surface area contributed by atoms with E-state index in [1.54, 1.807) is 7.11 Å². The highest BCUT2D eigenvalue weighted by molar-refractivity contribution is 14.0. The van der Waals surface area contributed by atoms with Crippen molar-refractivity contribution in [1.29, 1.82) is 0 Å². The summed E-state index contributed by atoms with van der Waals surface area (Å²) < 4.78 is 10.6. The zero-order chi connectivity index (χ0) is 19.3. The van der Waals surface area contributed by atoms with Gasteiger partial charge in [0.1, 0.15) is 5.75 Å². The van der Waals surface area contributed by atoms with Gasteiger partial charge in [-0.1, -0.05) is 19.1 Å². The molecular weight excluding hydrogens is 467 g/mol. The van der Waals surface area contributed by atoms with Crippen LogP contribution in [0.25, 0.3) is 0 Å². The number of hydrogen-bond acceptors (Lipinski definition) is 4. The molecule has 1 saturated carbocycles. The monoisotopic (exact) mass is 504 g/mol. The first-order chi connectivity index (χ1) is 13.3. The molecule has 1 fully saturated rings. The van der Waals surface area contributed by atoms with Crippen molar-refractivity contribution in [3.63, 3.8) is 0 Å². The molecule has 7 heteroatoms. The molecule has 2 N–H and O–H groups in total. The highest BCUT2D eigenvalue weighted by Gasteiger charge is 2.27. The largest absolute Gasteiger partial charge is 0.497 e. The highest BCUT2D eigenvalue weighted by Crippen LogP contribution is 2.25. The van der Waals surface area contributed by atoms with E-state index in [0.717, 1.165) is 63.6 Å². The summed E-state index contributed by atoms with van der Waals surface area (Å²) in [4.78, 5) is 7.29. The molecule has 0 unspecified atom stereocenters. The average Bonchev–Trinajstić information content (AvgIpc) is 3.54. The van der Waals surface area contributed by atoms with Gasteiger partial charge in [0, 0.05) is 38.9 Å². The van der Waals surface area contributed by atoms with Gasteiger partial charge < -0.3 is 20.1 Å². The topological polar surface area (TPSA) is 58.1 Å². The van der Waals surface area contributed by atoms with Crippen LogP contribution in [0.5, 0.6) is 5.75 Å². The molecule has 0 amide bonds. The van der Waals surface area contributed by atoms with E-state index in [2.05, 4.69) is 34.6 Å². The first-order valence-electron chi connectivity index (χ1n) is 10.2. The smallest absolute Gasteiger partial charge is 0.191 e. The fourth-order valence-electron chi connectivity index (χ4n) is 2.96. The number of rotatable bonds is 13. The number of hydrogen-bond donors (Lipinski definition) is 2. The van der Waals surface area contributed by atoms with Crippen molar-refractivity contribution in [2.24, 2.45) is 4.99 Å². The van der Waals surface area contributed by atoms with Gasteiger partial charge in [0.15, 0.2) is 5.96 Å². The molecule has 0 atom stereocenters. The molecule has 1 aliphatic rings. The van der Waals surface area contributed by atoms with Crippen molar-refractivity contribution in [2.45, 2.75) is 45.7 Å². The standard InChI is InChI=1S/C21H36N4O2.HI/c1-4-25(19-9-10-19)15-14-23-21(22-13-6-16-27-5-2)24-17-18-7-11-20(26-3)12-8-18;/h7-8,11-12,19H,4-6,9-10,13-17H2,1-3H3,(H2,22,23,24);1H. The van der Waals surface area contributed by atoms with E-state index < -0.39 is 0 Å². The molecule has 0 saturated heterocycles. The summed E-state index contributed by atoms with van der Waals surface area (Å²) in [6.07, 6.45) is 3.67. The third-order valence-electron chi connectivity index (χ3n) is 4.70. The van der Waals surface area contributed by atoms with Gasteiger partial charge in [-0.2, -0.15) is 0 Å². The van der Waals surface area contributed by atoms with Crippen LogP contribution >= 0.6 is 24.0 Å². The van der Waals surface area contributed by atoms with Gasteiger partial charge in [-0.05, 0) is 50.4 Å². The van der Waals surface area contributed by atoms with Gasteiger partial charge in [-0.25, -0.2) is 4.99 Å². The SMILES string of the molecule is CCOCCCNC(=NCc1ccc(OC)cc1)NCCN(CC)C1CC1.I. The summed E-state index contributed by atoms with van der Waals surface area (Å²) in [5, 5.41) is 6.91. The summed E-state index contributed by atoms with van der Waals surface area (Å²) in [7, 11) is 1.68. The summed E-state index contributed by atoms with van der Waals surface area (Å²) in [5.41, 5.74) is 1.17. The third kappa shape index (κ3) is 9.93. The second-order valence-electron chi connectivity index (χ2n) is 6.78. The zero-order valence-corrected chi connectivity index (χ0v) is 19.9. The van der Waals surface area contributed by atoms with Crippen LogP contribution in [0.2, 0.25) is 0 Å². The minimum Gasteiger partial charge on any atom is -0.497 e. The normalized spacial score (nSPS) is 13.9. The average molecular weight is 504 g/mol. The van der Waals surface area contributed by atoms with Crippen LogP contribution < -0.4 is 15.4 Å². The number of likely N-dealkylation sites (N-methyl/N-ethyl adjacent to an activating group) is 1. The molecule has 2 rings (SSSR count). The second kappa shape index (κ2) is 14.9. The van der Waals surface area contributed by atoms with Crippen LogP contribution in [0, 0.1) is 0 Å². The number of methoxy groups -OCH3 is 1. The van der Waals surface area contributed by atoms with E-state index in [4.69, 9.17) is 14.5 Å². The lowest BCUT2D eigenvalue weighted by atomic mass is 10.2. The minimum absolute atomic E-state index is 0. The molecular formula is C21H37IN4O2. The number of nitrogens with zero attached hydrogens (tertiary/aromatic N) is 2. The Labute approximate surface area is 187 Å². The Morgan fingerprint density at radius 3 is 2.46 bits per heavy atom. The maximum atomic E-state index is 5.41. The molecule has 1 aromatic carbocycles. The molecule has 0 spiro atoms. The van der Waals surface area contributed by atoms with Gasteiger partial charge in [0.25, 0.3) is 0 Å². The number of guanidine groups is 1. The fourth-order valence-corrected chi connectivity index (χ4v) is 2.96. The third-order valence-corrected chi connectivity index (χ3v) is 4.70. The van der Waals surface area contributed by atoms with E-state index >= 15 is 0 Å². The van der Waals surface area contributed by atoms with Gasteiger partial charge in [-0.15, -0.1) is 24.0 Å². The Balaban J connectivity index is 0.00000392. The van der Waals surface area contributed by atoms with Gasteiger partial charge in [0.2, 0.25) is 0 Å². The predicted octanol–water partition coefficient (Wildman–Crippen LogP) is 3.26. The van der Waals surface area contributed by atoms with Crippen molar-refractivity contribution in [1.82, 2.24) is 15.5 Å². The first kappa shape index (κ1) is 25.0. The minimum atomic E-state index is 0. The maximum absolute atomic E-state index is 5.41. The quantitative estimate of drug-likeness (QED) is 0.187. The molecule has 0 heterocycles. The van der Waals surface area contributed by atoms with Crippen molar-refractivity contribution in [3.05, 3.63) is 29.8 Å². The summed E-state index contributed by atoms with van der Waals surface area (Å²) >= 11 is 0. The molecule has 1 aliphatic carbocycles. The van der Waals surface area contributed by atoms with E-state index in [1.807, 2.05) is 19.1 Å². The predicted molar refractivity (Wildman–Crippen MR) is 127 cm³/mol. The van der Waals surface area contributed by atoms with Crippen LogP contribution in [0.4, 0.5) is 0 Å². The Kier molecular flexibility index (Phi) is 13.3. The maximum Gasteiger partial charge on any atom is 0.191 e. The molecule has 6 nitrogen and oxygen atoms in total. The first-order valence-corrected chi connectivity index (χ1v) is 10.2. The summed E-state index contributed by atoms with van der Waals surface area (Å²) in [6.45, 7) is 10.4. The zero-order valence-electron chi connectivity index (χ0n) is 17.6. The fraction of sp³-hybridized carbons (Fsp3) is 0.667. The molecule has 0 radical (unpaired) electrons. The number of aliphatic imine (C=N–C) groups is 1. The lowest BCUT2D eigenvalue weighted by molar-refractivity contribution is 0.145. The molecule has 160 valence electrons. The lowest BCUT2D eigenvalue weighted by Crippen LogP contribution is -2.42. The molecule has 0 aliphatic heterocycles. The Bertz CT molecular complexity index is 550. The summed E-state index contributed by atoms with van der Waals surface area (Å²) in [6, 6.07) is 8.86. The molecule has 1 aromatic rings. The van der Waals surface area contributed by atoms with E-state index in [0.29, 0.717) is 6.54 Å². The molecule has 0 bridgehead atoms. The number of ether oxygens (including phenoxy) is 2. The van der Waals surface area contributed by atoms with Crippen molar-refractivity contribution < 1.29 is 9.47 Å². The highest BCUT2D eigenvalue weighted by atomic mass is 127. The Morgan fingerprint density at radius 1 is 1.14 bits per heavy atom. The Hall–Kier alpha value is -1.06. The van der Waals surface area contributed by atoms with E-state index in [1.165, 1.54) is 18.4 Å². The second-order valence-corrected chi connectivity index (χ2v) is 6.78. The van der Waals surface area contributed by atoms with Gasteiger partial charge >= 0.3 is 0 Å². The van der Waals surface area contributed by atoms with Crippen LogP contribution in [-0.2, 0) is 11.3 Å².